The predicted octanol–water partition coefficient (Wildman–Crippen LogP) is 3.58. The van der Waals surface area contributed by atoms with Gasteiger partial charge in [0.25, 0.3) is 0 Å². The van der Waals surface area contributed by atoms with E-state index in [9.17, 15) is 4.79 Å². The number of hydrogen-bond acceptors (Lipinski definition) is 3. The molecule has 112 valence electrons. The second kappa shape index (κ2) is 5.93. The van der Waals surface area contributed by atoms with Gasteiger partial charge in [-0.1, -0.05) is 36.4 Å². The quantitative estimate of drug-likeness (QED) is 0.585. The molecular weight excluding hydrogens is 274 g/mol. The van der Waals surface area contributed by atoms with Crippen LogP contribution in [0.3, 0.4) is 0 Å². The maximum Gasteiger partial charge on any atom is 0.226 e. The Hall–Kier alpha value is -2.75. The lowest BCUT2D eigenvalue weighted by Crippen LogP contribution is -2.19. The van der Waals surface area contributed by atoms with Gasteiger partial charge in [-0.15, -0.1) is 0 Å². The van der Waals surface area contributed by atoms with E-state index in [1.54, 1.807) is 0 Å². The van der Waals surface area contributed by atoms with E-state index in [0.717, 1.165) is 28.2 Å². The first-order chi connectivity index (χ1) is 10.6. The molecule has 1 heterocycles. The Morgan fingerprint density at radius 1 is 1.14 bits per heavy atom. The summed E-state index contributed by atoms with van der Waals surface area (Å²) in [5, 5.41) is 6.36. The molecule has 0 saturated heterocycles. The zero-order chi connectivity index (χ0) is 15.5. The Balaban J connectivity index is 1.93. The standard InChI is InChI=1S/C18H19N3O/c1-12-11-17(22)21-16-4-2-3-14(18(16)20-12)8-5-13-6-9-15(19)10-7-13/h2-10,12,20H,11,19H2,1H3,(H,21,22)/b8-5+/t12-/m1/s1. The number of amides is 1. The molecule has 1 aliphatic rings. The van der Waals surface area contributed by atoms with Crippen LogP contribution in [-0.2, 0) is 4.79 Å². The molecule has 0 spiro atoms. The van der Waals surface area contributed by atoms with E-state index in [0.29, 0.717) is 6.42 Å². The van der Waals surface area contributed by atoms with Crippen LogP contribution < -0.4 is 16.4 Å². The zero-order valence-electron chi connectivity index (χ0n) is 12.5. The SMILES string of the molecule is C[C@@H]1CC(=O)Nc2cccc(/C=C/c3ccc(N)cc3)c2N1. The first-order valence-electron chi connectivity index (χ1n) is 7.35. The highest BCUT2D eigenvalue weighted by molar-refractivity contribution is 5.98. The summed E-state index contributed by atoms with van der Waals surface area (Å²) >= 11 is 0. The molecule has 0 fully saturated rings. The molecule has 1 atom stereocenters. The largest absolute Gasteiger partial charge is 0.399 e. The average Bonchev–Trinajstić information content (AvgIpc) is 2.63. The van der Waals surface area contributed by atoms with Crippen LogP contribution in [0.25, 0.3) is 12.2 Å². The van der Waals surface area contributed by atoms with Crippen LogP contribution in [0.15, 0.2) is 42.5 Å². The maximum absolute atomic E-state index is 11.8. The molecule has 3 rings (SSSR count). The van der Waals surface area contributed by atoms with Gasteiger partial charge in [0.1, 0.15) is 0 Å². The van der Waals surface area contributed by atoms with Gasteiger partial charge in [0, 0.05) is 18.2 Å². The second-order valence-corrected chi connectivity index (χ2v) is 5.57. The first kappa shape index (κ1) is 14.2. The minimum atomic E-state index is 0.0402. The fraction of sp³-hybridized carbons (Fsp3) is 0.167. The first-order valence-corrected chi connectivity index (χ1v) is 7.35. The number of nitrogen functional groups attached to an aromatic ring is 1. The Morgan fingerprint density at radius 2 is 1.91 bits per heavy atom. The van der Waals surface area contributed by atoms with E-state index < -0.39 is 0 Å². The summed E-state index contributed by atoms with van der Waals surface area (Å²) in [6, 6.07) is 13.7. The second-order valence-electron chi connectivity index (χ2n) is 5.57. The topological polar surface area (TPSA) is 67.2 Å². The van der Waals surface area contributed by atoms with Crippen molar-refractivity contribution in [3.8, 4) is 0 Å². The van der Waals surface area contributed by atoms with Crippen LogP contribution in [0.2, 0.25) is 0 Å². The van der Waals surface area contributed by atoms with Gasteiger partial charge in [0.15, 0.2) is 0 Å². The van der Waals surface area contributed by atoms with Crippen LogP contribution in [0.1, 0.15) is 24.5 Å². The number of benzene rings is 2. The number of carbonyl (C=O) groups excluding carboxylic acids is 1. The molecule has 0 bridgehead atoms. The molecular formula is C18H19N3O. The third kappa shape index (κ3) is 3.11. The van der Waals surface area contributed by atoms with Gasteiger partial charge < -0.3 is 16.4 Å². The van der Waals surface area contributed by atoms with Gasteiger partial charge >= 0.3 is 0 Å². The summed E-state index contributed by atoms with van der Waals surface area (Å²) in [7, 11) is 0. The average molecular weight is 293 g/mol. The fourth-order valence-corrected chi connectivity index (χ4v) is 2.54. The van der Waals surface area contributed by atoms with Crippen LogP contribution >= 0.6 is 0 Å². The predicted molar refractivity (Wildman–Crippen MR) is 92.6 cm³/mol. The highest BCUT2D eigenvalue weighted by atomic mass is 16.1. The smallest absolute Gasteiger partial charge is 0.226 e. The van der Waals surface area contributed by atoms with Gasteiger partial charge in [-0.3, -0.25) is 4.79 Å². The van der Waals surface area contributed by atoms with Gasteiger partial charge in [0.2, 0.25) is 5.91 Å². The van der Waals surface area contributed by atoms with Crippen molar-refractivity contribution in [2.24, 2.45) is 0 Å². The van der Waals surface area contributed by atoms with Crippen molar-refractivity contribution in [2.75, 3.05) is 16.4 Å². The lowest BCUT2D eigenvalue weighted by molar-refractivity contribution is -0.116. The lowest BCUT2D eigenvalue weighted by Gasteiger charge is -2.14. The van der Waals surface area contributed by atoms with E-state index >= 15 is 0 Å². The van der Waals surface area contributed by atoms with Crippen molar-refractivity contribution in [1.29, 1.82) is 0 Å². The minimum Gasteiger partial charge on any atom is -0.399 e. The molecule has 0 aliphatic carbocycles. The van der Waals surface area contributed by atoms with E-state index in [4.69, 9.17) is 5.73 Å². The molecule has 1 aliphatic heterocycles. The fourth-order valence-electron chi connectivity index (χ4n) is 2.54. The Bertz CT molecular complexity index is 720. The number of carbonyl (C=O) groups is 1. The number of nitrogens with one attached hydrogen (secondary N) is 2. The Kier molecular flexibility index (Phi) is 3.83. The lowest BCUT2D eigenvalue weighted by atomic mass is 10.1. The third-order valence-electron chi connectivity index (χ3n) is 3.64. The van der Waals surface area contributed by atoms with Crippen molar-refractivity contribution in [2.45, 2.75) is 19.4 Å². The number of anilines is 3. The molecule has 0 radical (unpaired) electrons. The normalized spacial score (nSPS) is 17.5. The molecule has 4 N–H and O–H groups in total. The highest BCUT2D eigenvalue weighted by Gasteiger charge is 2.18. The third-order valence-corrected chi connectivity index (χ3v) is 3.64. The molecule has 4 heteroatoms. The number of hydrogen-bond donors (Lipinski definition) is 3. The molecule has 0 aromatic heterocycles. The zero-order valence-corrected chi connectivity index (χ0v) is 12.5. The summed E-state index contributed by atoms with van der Waals surface area (Å²) in [6.07, 6.45) is 4.55. The van der Waals surface area contributed by atoms with Crippen LogP contribution in [0, 0.1) is 0 Å². The van der Waals surface area contributed by atoms with E-state index in [-0.39, 0.29) is 11.9 Å². The molecule has 1 amide bonds. The molecule has 22 heavy (non-hydrogen) atoms. The van der Waals surface area contributed by atoms with Crippen molar-refractivity contribution < 1.29 is 4.79 Å². The van der Waals surface area contributed by atoms with Crippen molar-refractivity contribution in [3.63, 3.8) is 0 Å². The van der Waals surface area contributed by atoms with Gasteiger partial charge in [0.05, 0.1) is 11.4 Å². The summed E-state index contributed by atoms with van der Waals surface area (Å²) < 4.78 is 0. The summed E-state index contributed by atoms with van der Waals surface area (Å²) in [5.74, 6) is 0.0402. The number of para-hydroxylation sites is 1. The molecule has 0 saturated carbocycles. The summed E-state index contributed by atoms with van der Waals surface area (Å²) in [6.45, 7) is 2.01. The minimum absolute atomic E-state index is 0.0402. The van der Waals surface area contributed by atoms with Crippen molar-refractivity contribution in [1.82, 2.24) is 0 Å². The number of rotatable bonds is 2. The molecule has 4 nitrogen and oxygen atoms in total. The van der Waals surface area contributed by atoms with E-state index in [2.05, 4.69) is 10.6 Å². The Morgan fingerprint density at radius 3 is 2.68 bits per heavy atom. The van der Waals surface area contributed by atoms with Gasteiger partial charge in [-0.05, 0) is 36.2 Å². The van der Waals surface area contributed by atoms with Gasteiger partial charge in [-0.25, -0.2) is 0 Å². The van der Waals surface area contributed by atoms with E-state index in [1.807, 2.05) is 61.5 Å². The highest BCUT2D eigenvalue weighted by Crippen LogP contribution is 2.31. The summed E-state index contributed by atoms with van der Waals surface area (Å²) in [4.78, 5) is 11.8. The summed E-state index contributed by atoms with van der Waals surface area (Å²) in [5.41, 5.74) is 10.4. The number of fused-ring (bicyclic) bond motifs is 1. The van der Waals surface area contributed by atoms with Gasteiger partial charge in [-0.2, -0.15) is 0 Å². The molecule has 2 aromatic carbocycles. The van der Waals surface area contributed by atoms with Crippen molar-refractivity contribution >= 4 is 35.1 Å². The van der Waals surface area contributed by atoms with Crippen LogP contribution in [0.5, 0.6) is 0 Å². The van der Waals surface area contributed by atoms with Crippen LogP contribution in [-0.4, -0.2) is 11.9 Å². The monoisotopic (exact) mass is 293 g/mol. The Labute approximate surface area is 130 Å². The molecule has 0 unspecified atom stereocenters. The number of nitrogens with two attached hydrogens (primary N) is 1. The van der Waals surface area contributed by atoms with Crippen LogP contribution in [0.4, 0.5) is 17.1 Å². The molecule has 2 aromatic rings. The maximum atomic E-state index is 11.8. The van der Waals surface area contributed by atoms with Crippen molar-refractivity contribution in [3.05, 3.63) is 53.6 Å². The van der Waals surface area contributed by atoms with E-state index in [1.165, 1.54) is 0 Å².